The number of aromatic nitrogens is 2. The summed E-state index contributed by atoms with van der Waals surface area (Å²) < 4.78 is 26.3. The first-order valence-electron chi connectivity index (χ1n) is 4.52. The Hall–Kier alpha value is -0.400. The van der Waals surface area contributed by atoms with Crippen LogP contribution in [-0.2, 0) is 10.0 Å². The van der Waals surface area contributed by atoms with Gasteiger partial charge in [0.2, 0.25) is 10.0 Å². The lowest BCUT2D eigenvalue weighted by atomic mass is 10.0. The minimum absolute atomic E-state index is 0.156. The second kappa shape index (κ2) is 4.63. The van der Waals surface area contributed by atoms with Crippen molar-refractivity contribution >= 4 is 26.0 Å². The number of alkyl halides is 1. The third-order valence-electron chi connectivity index (χ3n) is 2.24. The topological polar surface area (TPSA) is 74.8 Å². The Morgan fingerprint density at radius 2 is 2.33 bits per heavy atom. The van der Waals surface area contributed by atoms with Crippen LogP contribution in [0.3, 0.4) is 0 Å². The molecule has 0 aliphatic heterocycles. The van der Waals surface area contributed by atoms with Gasteiger partial charge >= 0.3 is 0 Å². The second-order valence-electron chi connectivity index (χ2n) is 3.59. The van der Waals surface area contributed by atoms with Crippen molar-refractivity contribution in [2.75, 3.05) is 5.33 Å². The maximum absolute atomic E-state index is 11.8. The van der Waals surface area contributed by atoms with Crippen molar-refractivity contribution < 1.29 is 8.42 Å². The fourth-order valence-corrected chi connectivity index (χ4v) is 3.07. The number of aromatic amines is 1. The Balaban J connectivity index is 2.91. The van der Waals surface area contributed by atoms with Crippen LogP contribution >= 0.6 is 15.9 Å². The summed E-state index contributed by atoms with van der Waals surface area (Å²) in [6.07, 6.45) is 3.34. The van der Waals surface area contributed by atoms with Gasteiger partial charge in [-0.2, -0.15) is 5.10 Å². The van der Waals surface area contributed by atoms with Gasteiger partial charge in [-0.25, -0.2) is 13.1 Å². The lowest BCUT2D eigenvalue weighted by molar-refractivity contribution is 0.449. The molecule has 0 aromatic carbocycles. The molecule has 15 heavy (non-hydrogen) atoms. The number of H-pyrrole nitrogens is 1. The van der Waals surface area contributed by atoms with Crippen molar-refractivity contribution in [2.24, 2.45) is 0 Å². The van der Waals surface area contributed by atoms with E-state index < -0.39 is 15.6 Å². The molecule has 1 heterocycles. The predicted molar refractivity (Wildman–Crippen MR) is 61.4 cm³/mol. The fourth-order valence-electron chi connectivity index (χ4n) is 0.963. The fraction of sp³-hybridized carbons (Fsp3) is 0.625. The van der Waals surface area contributed by atoms with Crippen molar-refractivity contribution in [3.05, 3.63) is 12.4 Å². The van der Waals surface area contributed by atoms with Gasteiger partial charge in [-0.15, -0.1) is 0 Å². The van der Waals surface area contributed by atoms with Crippen LogP contribution in [0.4, 0.5) is 0 Å². The van der Waals surface area contributed by atoms with E-state index in [1.54, 1.807) is 0 Å². The van der Waals surface area contributed by atoms with Crippen LogP contribution in [-0.4, -0.2) is 29.5 Å². The molecule has 1 atom stereocenters. The van der Waals surface area contributed by atoms with E-state index in [0.29, 0.717) is 11.8 Å². The zero-order chi connectivity index (χ0) is 11.5. The highest BCUT2D eigenvalue weighted by Crippen LogP contribution is 2.17. The number of nitrogens with one attached hydrogen (secondary N) is 2. The van der Waals surface area contributed by atoms with Crippen LogP contribution in [0.15, 0.2) is 17.3 Å². The predicted octanol–water partition coefficient (Wildman–Crippen LogP) is 1.25. The van der Waals surface area contributed by atoms with Gasteiger partial charge in [-0.3, -0.25) is 5.10 Å². The number of sulfonamides is 1. The highest BCUT2D eigenvalue weighted by molar-refractivity contribution is 9.09. The Morgan fingerprint density at radius 3 is 2.73 bits per heavy atom. The number of rotatable bonds is 5. The SMILES string of the molecule is CCC(C)(CBr)NS(=O)(=O)c1cn[nH]c1. The minimum atomic E-state index is -3.47. The van der Waals surface area contributed by atoms with Gasteiger partial charge in [0.1, 0.15) is 4.90 Å². The molecule has 0 saturated heterocycles. The first-order valence-corrected chi connectivity index (χ1v) is 7.13. The quantitative estimate of drug-likeness (QED) is 0.803. The maximum Gasteiger partial charge on any atom is 0.244 e. The van der Waals surface area contributed by atoms with Crippen LogP contribution in [0.25, 0.3) is 0 Å². The third-order valence-corrected chi connectivity index (χ3v) is 5.08. The van der Waals surface area contributed by atoms with Gasteiger partial charge in [-0.1, -0.05) is 22.9 Å². The molecular weight excluding hydrogens is 282 g/mol. The van der Waals surface area contributed by atoms with Crippen LogP contribution in [0.2, 0.25) is 0 Å². The molecule has 5 nitrogen and oxygen atoms in total. The molecule has 1 unspecified atom stereocenters. The zero-order valence-corrected chi connectivity index (χ0v) is 11.0. The summed E-state index contributed by atoms with van der Waals surface area (Å²) in [5, 5.41) is 6.65. The van der Waals surface area contributed by atoms with Crippen molar-refractivity contribution in [3.8, 4) is 0 Å². The van der Waals surface area contributed by atoms with Gasteiger partial charge in [0.25, 0.3) is 0 Å². The highest BCUT2D eigenvalue weighted by Gasteiger charge is 2.28. The van der Waals surface area contributed by atoms with Gasteiger partial charge in [0.15, 0.2) is 0 Å². The maximum atomic E-state index is 11.8. The van der Waals surface area contributed by atoms with Gasteiger partial charge in [0.05, 0.1) is 6.20 Å². The number of nitrogens with zero attached hydrogens (tertiary/aromatic N) is 1. The second-order valence-corrected chi connectivity index (χ2v) is 5.83. The summed E-state index contributed by atoms with van der Waals surface area (Å²) in [5.74, 6) is 0. The molecule has 0 radical (unpaired) electrons. The number of halogens is 1. The van der Waals surface area contributed by atoms with E-state index in [0.717, 1.165) is 0 Å². The van der Waals surface area contributed by atoms with E-state index in [2.05, 4.69) is 30.8 Å². The average Bonchev–Trinajstić information content (AvgIpc) is 2.70. The summed E-state index contributed by atoms with van der Waals surface area (Å²) in [6, 6.07) is 0. The Kier molecular flexibility index (Phi) is 3.91. The molecule has 0 bridgehead atoms. The minimum Gasteiger partial charge on any atom is -0.284 e. The molecule has 0 amide bonds. The first-order chi connectivity index (χ1) is 6.93. The summed E-state index contributed by atoms with van der Waals surface area (Å²) in [5.41, 5.74) is -0.476. The molecule has 2 N–H and O–H groups in total. The van der Waals surface area contributed by atoms with E-state index in [9.17, 15) is 8.42 Å². The highest BCUT2D eigenvalue weighted by atomic mass is 79.9. The van der Waals surface area contributed by atoms with Gasteiger partial charge in [0, 0.05) is 17.1 Å². The Labute approximate surface area is 97.8 Å². The standard InChI is InChI=1S/C8H14BrN3O2S/c1-3-8(2,6-9)12-15(13,14)7-4-10-11-5-7/h4-5,12H,3,6H2,1-2H3,(H,10,11). The molecule has 0 aliphatic rings. The Bertz CT molecular complexity index is 398. The molecule has 86 valence electrons. The smallest absolute Gasteiger partial charge is 0.244 e. The number of hydrogen-bond donors (Lipinski definition) is 2. The molecule has 1 rings (SSSR count). The van der Waals surface area contributed by atoms with Crippen molar-refractivity contribution in [2.45, 2.75) is 30.7 Å². The molecule has 0 aliphatic carbocycles. The lowest BCUT2D eigenvalue weighted by Crippen LogP contribution is -2.46. The molecular formula is C8H14BrN3O2S. The van der Waals surface area contributed by atoms with E-state index >= 15 is 0 Å². The largest absolute Gasteiger partial charge is 0.284 e. The first kappa shape index (κ1) is 12.7. The molecule has 0 saturated carbocycles. The lowest BCUT2D eigenvalue weighted by Gasteiger charge is -2.26. The van der Waals surface area contributed by atoms with E-state index in [-0.39, 0.29) is 4.90 Å². The van der Waals surface area contributed by atoms with Crippen LogP contribution in [0, 0.1) is 0 Å². The Morgan fingerprint density at radius 1 is 1.67 bits per heavy atom. The summed E-state index contributed by atoms with van der Waals surface area (Å²) in [6.45, 7) is 3.78. The third kappa shape index (κ3) is 3.02. The average molecular weight is 296 g/mol. The molecule has 1 aromatic rings. The van der Waals surface area contributed by atoms with Crippen LogP contribution in [0.1, 0.15) is 20.3 Å². The van der Waals surface area contributed by atoms with E-state index in [1.165, 1.54) is 12.4 Å². The summed E-state index contributed by atoms with van der Waals surface area (Å²) in [4.78, 5) is 0.156. The van der Waals surface area contributed by atoms with Crippen molar-refractivity contribution in [3.63, 3.8) is 0 Å². The van der Waals surface area contributed by atoms with E-state index in [4.69, 9.17) is 0 Å². The van der Waals surface area contributed by atoms with E-state index in [1.807, 2.05) is 13.8 Å². The molecule has 0 spiro atoms. The summed E-state index contributed by atoms with van der Waals surface area (Å²) >= 11 is 3.30. The molecule has 7 heteroatoms. The molecule has 0 fully saturated rings. The van der Waals surface area contributed by atoms with Crippen molar-refractivity contribution in [1.82, 2.24) is 14.9 Å². The van der Waals surface area contributed by atoms with Crippen molar-refractivity contribution in [1.29, 1.82) is 0 Å². The number of hydrogen-bond acceptors (Lipinski definition) is 3. The molecule has 1 aromatic heterocycles. The normalized spacial score (nSPS) is 16.2. The van der Waals surface area contributed by atoms with Gasteiger partial charge < -0.3 is 0 Å². The zero-order valence-electron chi connectivity index (χ0n) is 8.62. The summed E-state index contributed by atoms with van der Waals surface area (Å²) in [7, 11) is -3.47. The van der Waals surface area contributed by atoms with Gasteiger partial charge in [-0.05, 0) is 13.3 Å². The van der Waals surface area contributed by atoms with Crippen LogP contribution in [0.5, 0.6) is 0 Å². The monoisotopic (exact) mass is 295 g/mol. The van der Waals surface area contributed by atoms with Crippen LogP contribution < -0.4 is 4.72 Å².